The van der Waals surface area contributed by atoms with Gasteiger partial charge in [0.2, 0.25) is 0 Å². The van der Waals surface area contributed by atoms with Crippen LogP contribution in [0.3, 0.4) is 0 Å². The van der Waals surface area contributed by atoms with Crippen LogP contribution in [0.15, 0.2) is 10.7 Å². The first-order valence-electron chi connectivity index (χ1n) is 6.05. The lowest BCUT2D eigenvalue weighted by atomic mass is 10.0. The van der Waals surface area contributed by atoms with Crippen LogP contribution in [0.2, 0.25) is 0 Å². The Morgan fingerprint density at radius 3 is 2.50 bits per heavy atom. The monoisotopic (exact) mass is 226 g/mol. The van der Waals surface area contributed by atoms with Gasteiger partial charge in [0.05, 0.1) is 6.61 Å². The Morgan fingerprint density at radius 2 is 2.06 bits per heavy atom. The number of anilines is 1. The SMILES string of the molecule is CCC(CC)CN(CC)c1nc(CO)co1. The van der Waals surface area contributed by atoms with Gasteiger partial charge in [0.25, 0.3) is 6.01 Å². The maximum atomic E-state index is 8.94. The van der Waals surface area contributed by atoms with Crippen molar-refractivity contribution >= 4 is 6.01 Å². The predicted octanol–water partition coefficient (Wildman–Crippen LogP) is 2.43. The van der Waals surface area contributed by atoms with Crippen LogP contribution in [-0.4, -0.2) is 23.2 Å². The Balaban J connectivity index is 2.66. The molecule has 0 aliphatic rings. The van der Waals surface area contributed by atoms with E-state index in [0.29, 0.717) is 17.6 Å². The highest BCUT2D eigenvalue weighted by Crippen LogP contribution is 2.17. The van der Waals surface area contributed by atoms with E-state index in [9.17, 15) is 0 Å². The number of rotatable bonds is 7. The summed E-state index contributed by atoms with van der Waals surface area (Å²) >= 11 is 0. The molecular formula is C12H22N2O2. The molecule has 1 heterocycles. The molecule has 4 nitrogen and oxygen atoms in total. The lowest BCUT2D eigenvalue weighted by Crippen LogP contribution is -2.29. The van der Waals surface area contributed by atoms with Crippen LogP contribution < -0.4 is 4.90 Å². The average molecular weight is 226 g/mol. The van der Waals surface area contributed by atoms with Crippen molar-refractivity contribution in [1.82, 2.24) is 4.98 Å². The highest BCUT2D eigenvalue weighted by molar-refractivity contribution is 5.26. The summed E-state index contributed by atoms with van der Waals surface area (Å²) in [6, 6.07) is 0.624. The molecule has 0 saturated carbocycles. The molecule has 0 radical (unpaired) electrons. The van der Waals surface area contributed by atoms with Crippen LogP contribution >= 0.6 is 0 Å². The normalized spacial score (nSPS) is 11.1. The zero-order chi connectivity index (χ0) is 12.0. The van der Waals surface area contributed by atoms with E-state index in [1.807, 2.05) is 0 Å². The van der Waals surface area contributed by atoms with Gasteiger partial charge in [-0.1, -0.05) is 26.7 Å². The molecule has 0 bridgehead atoms. The summed E-state index contributed by atoms with van der Waals surface area (Å²) in [4.78, 5) is 6.35. The summed E-state index contributed by atoms with van der Waals surface area (Å²) in [5, 5.41) is 8.94. The maximum absolute atomic E-state index is 8.94. The van der Waals surface area contributed by atoms with Gasteiger partial charge in [-0.25, -0.2) is 0 Å². The van der Waals surface area contributed by atoms with Crippen molar-refractivity contribution in [1.29, 1.82) is 0 Å². The Morgan fingerprint density at radius 1 is 1.38 bits per heavy atom. The zero-order valence-corrected chi connectivity index (χ0v) is 10.4. The largest absolute Gasteiger partial charge is 0.432 e. The van der Waals surface area contributed by atoms with E-state index >= 15 is 0 Å². The quantitative estimate of drug-likeness (QED) is 0.775. The number of aliphatic hydroxyl groups excluding tert-OH is 1. The molecule has 1 N–H and O–H groups in total. The minimum absolute atomic E-state index is 0.0635. The first kappa shape index (κ1) is 13.0. The van der Waals surface area contributed by atoms with Gasteiger partial charge in [-0.15, -0.1) is 0 Å². The number of oxazole rings is 1. The molecule has 16 heavy (non-hydrogen) atoms. The van der Waals surface area contributed by atoms with Crippen molar-refractivity contribution in [2.75, 3.05) is 18.0 Å². The van der Waals surface area contributed by atoms with Crippen molar-refractivity contribution in [3.63, 3.8) is 0 Å². The van der Waals surface area contributed by atoms with E-state index in [1.165, 1.54) is 19.1 Å². The molecule has 0 aliphatic heterocycles. The summed E-state index contributed by atoms with van der Waals surface area (Å²) in [5.41, 5.74) is 0.595. The van der Waals surface area contributed by atoms with E-state index in [2.05, 4.69) is 30.7 Å². The van der Waals surface area contributed by atoms with Crippen LogP contribution in [0.4, 0.5) is 6.01 Å². The van der Waals surface area contributed by atoms with Gasteiger partial charge in [0.15, 0.2) is 0 Å². The van der Waals surface area contributed by atoms with Gasteiger partial charge in [0.1, 0.15) is 12.0 Å². The fourth-order valence-corrected chi connectivity index (χ4v) is 1.72. The second kappa shape index (κ2) is 6.53. The minimum atomic E-state index is -0.0635. The molecule has 0 aromatic carbocycles. The summed E-state index contributed by atoms with van der Waals surface area (Å²) in [6.45, 7) is 8.28. The minimum Gasteiger partial charge on any atom is -0.432 e. The summed E-state index contributed by atoms with van der Waals surface area (Å²) in [6.07, 6.45) is 3.85. The number of aliphatic hydroxyl groups is 1. The van der Waals surface area contributed by atoms with Crippen LogP contribution in [0.5, 0.6) is 0 Å². The smallest absolute Gasteiger partial charge is 0.297 e. The van der Waals surface area contributed by atoms with Crippen molar-refractivity contribution < 1.29 is 9.52 Å². The maximum Gasteiger partial charge on any atom is 0.297 e. The third-order valence-electron chi connectivity index (χ3n) is 2.99. The Bertz CT molecular complexity index is 295. The number of aromatic nitrogens is 1. The topological polar surface area (TPSA) is 49.5 Å². The highest BCUT2D eigenvalue weighted by atomic mass is 16.4. The number of hydrogen-bond donors (Lipinski definition) is 1. The molecule has 1 aromatic heterocycles. The number of nitrogens with zero attached hydrogens (tertiary/aromatic N) is 2. The second-order valence-corrected chi connectivity index (χ2v) is 4.00. The lowest BCUT2D eigenvalue weighted by molar-refractivity contribution is 0.276. The molecule has 4 heteroatoms. The van der Waals surface area contributed by atoms with Gasteiger partial charge >= 0.3 is 0 Å². The molecule has 0 fully saturated rings. The molecule has 0 spiro atoms. The third kappa shape index (κ3) is 3.23. The second-order valence-electron chi connectivity index (χ2n) is 4.00. The van der Waals surface area contributed by atoms with E-state index < -0.39 is 0 Å². The predicted molar refractivity (Wildman–Crippen MR) is 64.4 cm³/mol. The van der Waals surface area contributed by atoms with E-state index in [0.717, 1.165) is 13.1 Å². The standard InChI is InChI=1S/C12H22N2O2/c1-4-10(5-2)7-14(6-3)12-13-11(8-15)9-16-12/h9-10,15H,4-8H2,1-3H3. The molecule has 1 rings (SSSR count). The van der Waals surface area contributed by atoms with Gasteiger partial charge in [-0.3, -0.25) is 0 Å². The summed E-state index contributed by atoms with van der Waals surface area (Å²) < 4.78 is 5.35. The fourth-order valence-electron chi connectivity index (χ4n) is 1.72. The van der Waals surface area contributed by atoms with Crippen molar-refractivity contribution in [2.24, 2.45) is 5.92 Å². The molecular weight excluding hydrogens is 204 g/mol. The van der Waals surface area contributed by atoms with Crippen LogP contribution in [-0.2, 0) is 6.61 Å². The molecule has 1 aromatic rings. The molecule has 0 unspecified atom stereocenters. The first-order chi connectivity index (χ1) is 7.74. The van der Waals surface area contributed by atoms with E-state index in [-0.39, 0.29) is 6.61 Å². The summed E-state index contributed by atoms with van der Waals surface area (Å²) in [7, 11) is 0. The van der Waals surface area contributed by atoms with Gasteiger partial charge < -0.3 is 14.4 Å². The van der Waals surface area contributed by atoms with E-state index in [1.54, 1.807) is 0 Å². The average Bonchev–Trinajstić information content (AvgIpc) is 2.79. The Labute approximate surface area is 97.3 Å². The van der Waals surface area contributed by atoms with Gasteiger partial charge in [-0.05, 0) is 12.8 Å². The zero-order valence-electron chi connectivity index (χ0n) is 10.4. The van der Waals surface area contributed by atoms with E-state index in [4.69, 9.17) is 9.52 Å². The molecule has 0 saturated heterocycles. The van der Waals surface area contributed by atoms with Gasteiger partial charge in [-0.2, -0.15) is 4.98 Å². The molecule has 0 aliphatic carbocycles. The Kier molecular flexibility index (Phi) is 5.32. The van der Waals surface area contributed by atoms with Crippen molar-refractivity contribution in [3.8, 4) is 0 Å². The van der Waals surface area contributed by atoms with Crippen LogP contribution in [0.25, 0.3) is 0 Å². The molecule has 0 amide bonds. The lowest BCUT2D eigenvalue weighted by Gasteiger charge is -2.23. The molecule has 0 atom stereocenters. The summed E-state index contributed by atoms with van der Waals surface area (Å²) in [5.74, 6) is 0.671. The highest BCUT2D eigenvalue weighted by Gasteiger charge is 2.15. The Hall–Kier alpha value is -1.03. The van der Waals surface area contributed by atoms with Gasteiger partial charge in [0, 0.05) is 13.1 Å². The van der Waals surface area contributed by atoms with Crippen LogP contribution in [0, 0.1) is 5.92 Å². The fraction of sp³-hybridized carbons (Fsp3) is 0.750. The van der Waals surface area contributed by atoms with Crippen molar-refractivity contribution in [3.05, 3.63) is 12.0 Å². The first-order valence-corrected chi connectivity index (χ1v) is 6.05. The van der Waals surface area contributed by atoms with Crippen LogP contribution in [0.1, 0.15) is 39.3 Å². The third-order valence-corrected chi connectivity index (χ3v) is 2.99. The molecule has 92 valence electrons. The van der Waals surface area contributed by atoms with Crippen molar-refractivity contribution in [2.45, 2.75) is 40.2 Å². The number of hydrogen-bond acceptors (Lipinski definition) is 4.